The molecule has 0 unspecified atom stereocenters. The molecule has 1 aromatic carbocycles. The number of fused-ring (bicyclic) bond motifs is 1. The fourth-order valence-electron chi connectivity index (χ4n) is 4.81. The minimum atomic E-state index is -0.674. The number of ether oxygens (including phenoxy) is 1. The summed E-state index contributed by atoms with van der Waals surface area (Å²) >= 11 is 0. The van der Waals surface area contributed by atoms with Crippen LogP contribution < -0.4 is 16.4 Å². The number of primary amides is 1. The number of carbonyl (C=O) groups is 3. The van der Waals surface area contributed by atoms with Crippen LogP contribution in [-0.4, -0.2) is 70.9 Å². The monoisotopic (exact) mass is 456 g/mol. The lowest BCUT2D eigenvalue weighted by Gasteiger charge is -2.46. The number of nitrogens with two attached hydrogens (primary N) is 1. The van der Waals surface area contributed by atoms with Gasteiger partial charge >= 0.3 is 12.0 Å². The van der Waals surface area contributed by atoms with Crippen molar-refractivity contribution in [2.24, 2.45) is 11.7 Å². The van der Waals surface area contributed by atoms with Crippen molar-refractivity contribution in [2.45, 2.75) is 51.6 Å². The predicted octanol–water partition coefficient (Wildman–Crippen LogP) is 1.61. The molecule has 0 bridgehead atoms. The zero-order valence-corrected chi connectivity index (χ0v) is 19.2. The normalized spacial score (nSPS) is 21.4. The Morgan fingerprint density at radius 3 is 2.58 bits per heavy atom. The Labute approximate surface area is 192 Å². The molecule has 2 heterocycles. The number of anilines is 1. The Kier molecular flexibility index (Phi) is 6.83. The highest BCUT2D eigenvalue weighted by Crippen LogP contribution is 2.31. The first kappa shape index (κ1) is 23.0. The van der Waals surface area contributed by atoms with E-state index in [1.54, 1.807) is 6.07 Å². The molecular formula is C23H32N6O4. The first-order valence-electron chi connectivity index (χ1n) is 11.6. The number of amides is 2. The highest BCUT2D eigenvalue weighted by molar-refractivity contribution is 5.97. The zero-order chi connectivity index (χ0) is 23.5. The largest absolute Gasteiger partial charge is 0.466 e. The first-order chi connectivity index (χ1) is 15.9. The number of nitrogens with one attached hydrogen (secondary N) is 2. The van der Waals surface area contributed by atoms with Crippen LogP contribution in [0.15, 0.2) is 18.2 Å². The summed E-state index contributed by atoms with van der Waals surface area (Å²) in [7, 11) is 0. The number of hydrogen-bond donors (Lipinski definition) is 3. The van der Waals surface area contributed by atoms with E-state index in [1.165, 1.54) is 0 Å². The standard InChI is InChI=1S/C23H32N6O4/c1-3-33-22(31)15-5-7-17(8-6-15)28-12-16(13-28)26-20(30)11-25-21-18-10-14(2)4-9-19(18)29(27-21)23(24)32/h4,9-10,15-17H,3,5-8,11-13H2,1-2H3,(H2,24,32)(H,25,27)(H,26,30). The van der Waals surface area contributed by atoms with Gasteiger partial charge in [0.05, 0.1) is 30.6 Å². The fourth-order valence-corrected chi connectivity index (χ4v) is 4.81. The summed E-state index contributed by atoms with van der Waals surface area (Å²) in [6, 6.07) is 5.48. The van der Waals surface area contributed by atoms with Crippen LogP contribution in [0.2, 0.25) is 0 Å². The van der Waals surface area contributed by atoms with Crippen molar-refractivity contribution in [1.82, 2.24) is 20.0 Å². The van der Waals surface area contributed by atoms with Gasteiger partial charge in [-0.05, 0) is 51.7 Å². The number of likely N-dealkylation sites (tertiary alicyclic amines) is 1. The molecule has 0 atom stereocenters. The molecule has 1 saturated heterocycles. The number of aromatic nitrogens is 2. The van der Waals surface area contributed by atoms with Crippen LogP contribution in [0.3, 0.4) is 0 Å². The lowest BCUT2D eigenvalue weighted by molar-refractivity contribution is -0.149. The van der Waals surface area contributed by atoms with E-state index < -0.39 is 6.03 Å². The molecule has 1 aliphatic carbocycles. The molecule has 1 aliphatic heterocycles. The van der Waals surface area contributed by atoms with Crippen LogP contribution in [0, 0.1) is 12.8 Å². The number of hydrogen-bond acceptors (Lipinski definition) is 7. The Bertz CT molecular complexity index is 1040. The van der Waals surface area contributed by atoms with Crippen molar-refractivity contribution in [3.8, 4) is 0 Å². The van der Waals surface area contributed by atoms with Crippen molar-refractivity contribution in [3.05, 3.63) is 23.8 Å². The van der Waals surface area contributed by atoms with Crippen LogP contribution in [-0.2, 0) is 14.3 Å². The van der Waals surface area contributed by atoms with Gasteiger partial charge in [-0.25, -0.2) is 4.79 Å². The summed E-state index contributed by atoms with van der Waals surface area (Å²) < 4.78 is 6.28. The molecule has 0 radical (unpaired) electrons. The average molecular weight is 457 g/mol. The van der Waals surface area contributed by atoms with Gasteiger partial charge in [0.25, 0.3) is 0 Å². The molecule has 178 valence electrons. The third-order valence-corrected chi connectivity index (χ3v) is 6.57. The van der Waals surface area contributed by atoms with Crippen molar-refractivity contribution in [3.63, 3.8) is 0 Å². The van der Waals surface area contributed by atoms with Gasteiger partial charge in [-0.3, -0.25) is 14.5 Å². The number of rotatable bonds is 7. The highest BCUT2D eigenvalue weighted by Gasteiger charge is 2.36. The quantitative estimate of drug-likeness (QED) is 0.539. The molecule has 4 N–H and O–H groups in total. The second-order valence-electron chi connectivity index (χ2n) is 8.95. The number of nitrogens with zero attached hydrogens (tertiary/aromatic N) is 3. The van der Waals surface area contributed by atoms with Gasteiger partial charge in [0, 0.05) is 24.5 Å². The molecule has 10 nitrogen and oxygen atoms in total. The second kappa shape index (κ2) is 9.78. The van der Waals surface area contributed by atoms with E-state index in [2.05, 4.69) is 20.6 Å². The summed E-state index contributed by atoms with van der Waals surface area (Å²) in [6.07, 6.45) is 3.71. The molecular weight excluding hydrogens is 424 g/mol. The highest BCUT2D eigenvalue weighted by atomic mass is 16.5. The maximum absolute atomic E-state index is 12.5. The molecule has 2 fully saturated rings. The van der Waals surface area contributed by atoms with Crippen molar-refractivity contribution in [2.75, 3.05) is 31.6 Å². The van der Waals surface area contributed by atoms with E-state index in [4.69, 9.17) is 10.5 Å². The number of carbonyl (C=O) groups excluding carboxylic acids is 3. The number of benzene rings is 1. The Morgan fingerprint density at radius 2 is 1.91 bits per heavy atom. The van der Waals surface area contributed by atoms with E-state index in [0.717, 1.165) is 54.4 Å². The van der Waals surface area contributed by atoms with Gasteiger partial charge in [-0.2, -0.15) is 4.68 Å². The van der Waals surface area contributed by atoms with E-state index in [9.17, 15) is 14.4 Å². The Morgan fingerprint density at radius 1 is 1.18 bits per heavy atom. The maximum atomic E-state index is 12.5. The third kappa shape index (κ3) is 5.11. The van der Waals surface area contributed by atoms with Gasteiger partial charge in [0.15, 0.2) is 5.82 Å². The molecule has 1 aromatic heterocycles. The van der Waals surface area contributed by atoms with Gasteiger partial charge in [0.1, 0.15) is 0 Å². The molecule has 4 rings (SSSR count). The van der Waals surface area contributed by atoms with E-state index >= 15 is 0 Å². The van der Waals surface area contributed by atoms with Crippen LogP contribution in [0.4, 0.5) is 10.6 Å². The molecule has 2 aliphatic rings. The average Bonchev–Trinajstić information content (AvgIpc) is 3.13. The molecule has 0 spiro atoms. The SMILES string of the molecule is CCOC(=O)C1CCC(N2CC(NC(=O)CNc3nn(C(N)=O)c4ccc(C)cc34)C2)CC1. The summed E-state index contributed by atoms with van der Waals surface area (Å²) in [5.74, 6) is 0.291. The van der Waals surface area contributed by atoms with Gasteiger partial charge in [-0.1, -0.05) is 11.6 Å². The molecule has 1 saturated carbocycles. The summed E-state index contributed by atoms with van der Waals surface area (Å²) in [5.41, 5.74) is 7.03. The molecule has 10 heteroatoms. The minimum absolute atomic E-state index is 0.0296. The van der Waals surface area contributed by atoms with Crippen LogP contribution in [0.1, 0.15) is 38.2 Å². The summed E-state index contributed by atoms with van der Waals surface area (Å²) in [5, 5.41) is 11.1. The Hall–Kier alpha value is -3.14. The number of aryl methyl sites for hydroxylation is 1. The second-order valence-corrected chi connectivity index (χ2v) is 8.95. The number of esters is 1. The first-order valence-corrected chi connectivity index (χ1v) is 11.6. The predicted molar refractivity (Wildman–Crippen MR) is 124 cm³/mol. The molecule has 2 amide bonds. The fraction of sp³-hybridized carbons (Fsp3) is 0.565. The minimum Gasteiger partial charge on any atom is -0.466 e. The van der Waals surface area contributed by atoms with E-state index in [0.29, 0.717) is 24.0 Å². The van der Waals surface area contributed by atoms with Gasteiger partial charge in [0.2, 0.25) is 5.91 Å². The van der Waals surface area contributed by atoms with E-state index in [-0.39, 0.29) is 30.4 Å². The van der Waals surface area contributed by atoms with Crippen LogP contribution in [0.5, 0.6) is 0 Å². The van der Waals surface area contributed by atoms with Crippen molar-refractivity contribution >= 4 is 34.6 Å². The lowest BCUT2D eigenvalue weighted by Crippen LogP contribution is -2.63. The molecule has 33 heavy (non-hydrogen) atoms. The van der Waals surface area contributed by atoms with Gasteiger partial charge < -0.3 is 21.1 Å². The summed E-state index contributed by atoms with van der Waals surface area (Å²) in [6.45, 7) is 5.91. The topological polar surface area (TPSA) is 132 Å². The van der Waals surface area contributed by atoms with E-state index in [1.807, 2.05) is 26.0 Å². The van der Waals surface area contributed by atoms with Crippen LogP contribution in [0.25, 0.3) is 10.9 Å². The van der Waals surface area contributed by atoms with Crippen molar-refractivity contribution in [1.29, 1.82) is 0 Å². The summed E-state index contributed by atoms with van der Waals surface area (Å²) in [4.78, 5) is 38.4. The molecule has 2 aromatic rings. The lowest BCUT2D eigenvalue weighted by atomic mass is 9.84. The van der Waals surface area contributed by atoms with Gasteiger partial charge in [-0.15, -0.1) is 5.10 Å². The smallest absolute Gasteiger partial charge is 0.340 e. The van der Waals surface area contributed by atoms with Crippen molar-refractivity contribution < 1.29 is 19.1 Å². The Balaban J connectivity index is 1.23. The van der Waals surface area contributed by atoms with Crippen LogP contribution >= 0.6 is 0 Å². The zero-order valence-electron chi connectivity index (χ0n) is 19.2. The maximum Gasteiger partial charge on any atom is 0.340 e. The third-order valence-electron chi connectivity index (χ3n) is 6.57.